The quantitative estimate of drug-likeness (QED) is 0.250. The summed E-state index contributed by atoms with van der Waals surface area (Å²) in [6.45, 7) is 15.6. The van der Waals surface area contributed by atoms with Crippen LogP contribution in [0.25, 0.3) is 11.4 Å². The van der Waals surface area contributed by atoms with Crippen molar-refractivity contribution in [3.63, 3.8) is 0 Å². The summed E-state index contributed by atoms with van der Waals surface area (Å²) in [6, 6.07) is 8.79. The second-order valence-electron chi connectivity index (χ2n) is 13.1. The van der Waals surface area contributed by atoms with Crippen molar-refractivity contribution in [1.29, 1.82) is 0 Å². The average Bonchev–Trinajstić information content (AvgIpc) is 3.59. The molecule has 1 aliphatic heterocycles. The van der Waals surface area contributed by atoms with Crippen LogP contribution >= 0.6 is 0 Å². The number of rotatable bonds is 3. The average molecular weight is 553 g/mol. The Hall–Kier alpha value is -4.07. The van der Waals surface area contributed by atoms with E-state index in [-0.39, 0.29) is 16.2 Å². The molecule has 3 aliphatic rings. The van der Waals surface area contributed by atoms with Gasteiger partial charge in [-0.1, -0.05) is 27.7 Å². The fourth-order valence-corrected chi connectivity index (χ4v) is 7.87. The summed E-state index contributed by atoms with van der Waals surface area (Å²) in [4.78, 5) is 0. The number of aromatic amines is 1. The minimum Gasteiger partial charge on any atom is -0.493 e. The second-order valence-corrected chi connectivity index (χ2v) is 13.1. The largest absolute Gasteiger partial charge is 0.493 e. The summed E-state index contributed by atoms with van der Waals surface area (Å²) in [7, 11) is 3.40. The second kappa shape index (κ2) is 8.24. The molecular formula is C33H36N4O4. The third kappa shape index (κ3) is 3.36. The first-order chi connectivity index (χ1) is 19.4. The molecule has 212 valence electrons. The van der Waals surface area contributed by atoms with Crippen LogP contribution in [-0.2, 0) is 16.2 Å². The highest BCUT2D eigenvalue weighted by Crippen LogP contribution is 2.66. The number of fused-ring (bicyclic) bond motifs is 6. The van der Waals surface area contributed by atoms with Crippen molar-refractivity contribution < 1.29 is 18.9 Å². The minimum atomic E-state index is -0.203. The Bertz CT molecular complexity index is 1760. The molecule has 8 heteroatoms. The number of nitrogens with zero attached hydrogens (tertiary/aromatic N) is 3. The SMILES string of the molecule is COc1cc2c(cc1OC)C1(CC2(C)C)CC(C)(C)c2cc3c(cc21)Oc1c(c(C)c(C)c(C)c1-c1nn[nH]n1)O3. The maximum absolute atomic E-state index is 6.78. The smallest absolute Gasteiger partial charge is 0.208 e. The highest BCUT2D eigenvalue weighted by atomic mass is 16.6. The van der Waals surface area contributed by atoms with E-state index in [0.29, 0.717) is 23.1 Å². The van der Waals surface area contributed by atoms with Crippen LogP contribution in [0, 0.1) is 20.8 Å². The van der Waals surface area contributed by atoms with Gasteiger partial charge in [-0.2, -0.15) is 5.21 Å². The Kier molecular flexibility index (Phi) is 5.20. The highest BCUT2D eigenvalue weighted by molar-refractivity contribution is 5.79. The van der Waals surface area contributed by atoms with Crippen LogP contribution < -0.4 is 18.9 Å². The van der Waals surface area contributed by atoms with Gasteiger partial charge in [-0.25, -0.2) is 0 Å². The van der Waals surface area contributed by atoms with Gasteiger partial charge in [-0.15, -0.1) is 10.2 Å². The van der Waals surface area contributed by atoms with E-state index in [0.717, 1.165) is 52.3 Å². The van der Waals surface area contributed by atoms with Crippen molar-refractivity contribution in [1.82, 2.24) is 20.6 Å². The van der Waals surface area contributed by atoms with Gasteiger partial charge in [-0.05, 0) is 113 Å². The van der Waals surface area contributed by atoms with Gasteiger partial charge in [0.05, 0.1) is 19.8 Å². The topological polar surface area (TPSA) is 91.4 Å². The van der Waals surface area contributed by atoms with E-state index in [2.05, 4.69) is 93.4 Å². The maximum Gasteiger partial charge on any atom is 0.208 e. The van der Waals surface area contributed by atoms with Gasteiger partial charge >= 0.3 is 0 Å². The number of methoxy groups -OCH3 is 2. The molecule has 0 saturated carbocycles. The Morgan fingerprint density at radius 3 is 1.83 bits per heavy atom. The normalized spacial score (nSPS) is 20.5. The third-order valence-electron chi connectivity index (χ3n) is 9.85. The summed E-state index contributed by atoms with van der Waals surface area (Å²) in [6.07, 6.45) is 1.95. The van der Waals surface area contributed by atoms with Crippen LogP contribution in [0.2, 0.25) is 0 Å². The lowest BCUT2D eigenvalue weighted by Gasteiger charge is -2.31. The van der Waals surface area contributed by atoms with Crippen LogP contribution in [0.4, 0.5) is 0 Å². The van der Waals surface area contributed by atoms with E-state index in [1.165, 1.54) is 22.3 Å². The molecule has 1 aromatic heterocycles. The van der Waals surface area contributed by atoms with E-state index in [1.807, 2.05) is 0 Å². The predicted molar refractivity (Wildman–Crippen MR) is 156 cm³/mol. The summed E-state index contributed by atoms with van der Waals surface area (Å²) in [5.74, 6) is 4.78. The Labute approximate surface area is 240 Å². The molecule has 0 fully saturated rings. The first kappa shape index (κ1) is 25.9. The molecule has 0 radical (unpaired) electrons. The molecule has 3 aromatic carbocycles. The van der Waals surface area contributed by atoms with Crippen molar-refractivity contribution in [2.45, 2.75) is 77.6 Å². The van der Waals surface area contributed by atoms with Gasteiger partial charge in [0, 0.05) is 5.41 Å². The highest BCUT2D eigenvalue weighted by Gasteiger charge is 2.57. The van der Waals surface area contributed by atoms with E-state index in [9.17, 15) is 0 Å². The fourth-order valence-electron chi connectivity index (χ4n) is 7.87. The van der Waals surface area contributed by atoms with Gasteiger partial charge in [0.1, 0.15) is 0 Å². The standard InChI is InChI=1S/C33H36N4O4/c1-16-17(2)27(30-34-36-37-35-30)29-28(18(16)3)40-25-11-20-22(13-26(25)41-29)33(15-32(20,6)7)14-31(4,5)19-10-23(38-8)24(39-9)12-21(19)33/h10-13H,14-15H2,1-9H3,(H,34,35,36,37). The Morgan fingerprint density at radius 1 is 0.707 bits per heavy atom. The van der Waals surface area contributed by atoms with E-state index in [1.54, 1.807) is 14.2 Å². The van der Waals surface area contributed by atoms with Crippen molar-refractivity contribution in [3.8, 4) is 45.9 Å². The zero-order chi connectivity index (χ0) is 29.1. The molecule has 1 N–H and O–H groups in total. The van der Waals surface area contributed by atoms with Crippen molar-refractivity contribution in [2.75, 3.05) is 14.2 Å². The molecule has 0 bridgehead atoms. The van der Waals surface area contributed by atoms with Crippen LogP contribution in [0.1, 0.15) is 79.5 Å². The number of hydrogen-bond donors (Lipinski definition) is 1. The molecule has 0 saturated heterocycles. The number of hydrogen-bond acceptors (Lipinski definition) is 7. The van der Waals surface area contributed by atoms with Crippen LogP contribution in [-0.4, -0.2) is 34.8 Å². The lowest BCUT2D eigenvalue weighted by Crippen LogP contribution is -2.27. The van der Waals surface area contributed by atoms with Crippen molar-refractivity contribution >= 4 is 0 Å². The van der Waals surface area contributed by atoms with Gasteiger partial charge in [0.15, 0.2) is 34.5 Å². The molecule has 4 aromatic rings. The number of benzene rings is 3. The van der Waals surface area contributed by atoms with Gasteiger partial charge in [0.25, 0.3) is 0 Å². The van der Waals surface area contributed by atoms with Gasteiger partial charge < -0.3 is 18.9 Å². The number of H-pyrrole nitrogens is 1. The van der Waals surface area contributed by atoms with Gasteiger partial charge in [-0.3, -0.25) is 0 Å². The first-order valence-electron chi connectivity index (χ1n) is 14.1. The third-order valence-corrected chi connectivity index (χ3v) is 9.85. The zero-order valence-corrected chi connectivity index (χ0v) is 25.2. The molecule has 1 unspecified atom stereocenters. The van der Waals surface area contributed by atoms with Crippen LogP contribution in [0.5, 0.6) is 34.5 Å². The zero-order valence-electron chi connectivity index (χ0n) is 25.2. The Balaban J connectivity index is 1.45. The van der Waals surface area contributed by atoms with E-state index >= 15 is 0 Å². The molecule has 8 nitrogen and oxygen atoms in total. The number of nitrogens with one attached hydrogen (secondary N) is 1. The fraction of sp³-hybridized carbons (Fsp3) is 0.424. The van der Waals surface area contributed by atoms with E-state index in [4.69, 9.17) is 18.9 Å². The summed E-state index contributed by atoms with van der Waals surface area (Å²) in [5, 5.41) is 15.0. The van der Waals surface area contributed by atoms with Crippen LogP contribution in [0.3, 0.4) is 0 Å². The van der Waals surface area contributed by atoms with Gasteiger partial charge in [0.2, 0.25) is 5.82 Å². The molecule has 0 amide bonds. The number of tetrazole rings is 1. The van der Waals surface area contributed by atoms with Crippen LogP contribution in [0.15, 0.2) is 24.3 Å². The molecule has 1 spiro atoms. The summed E-state index contributed by atoms with van der Waals surface area (Å²) >= 11 is 0. The van der Waals surface area contributed by atoms with Crippen molar-refractivity contribution in [3.05, 3.63) is 63.2 Å². The maximum atomic E-state index is 6.78. The molecule has 2 heterocycles. The lowest BCUT2D eigenvalue weighted by atomic mass is 9.72. The molecule has 41 heavy (non-hydrogen) atoms. The van der Waals surface area contributed by atoms with Crippen molar-refractivity contribution in [2.24, 2.45) is 0 Å². The number of aromatic nitrogens is 4. The molecule has 1 atom stereocenters. The monoisotopic (exact) mass is 552 g/mol. The number of ether oxygens (including phenoxy) is 4. The van der Waals surface area contributed by atoms with E-state index < -0.39 is 0 Å². The molecular weight excluding hydrogens is 516 g/mol. The molecule has 7 rings (SSSR count). The Morgan fingerprint density at radius 2 is 1.24 bits per heavy atom. The summed E-state index contributed by atoms with van der Waals surface area (Å²) < 4.78 is 25.0. The lowest BCUT2D eigenvalue weighted by molar-refractivity contribution is 0.347. The molecule has 2 aliphatic carbocycles. The minimum absolute atomic E-state index is 0.0516. The predicted octanol–water partition coefficient (Wildman–Crippen LogP) is 7.36. The first-order valence-corrected chi connectivity index (χ1v) is 14.1. The summed E-state index contributed by atoms with van der Waals surface area (Å²) in [5.41, 5.74) is 8.85.